The van der Waals surface area contributed by atoms with Gasteiger partial charge >= 0.3 is 6.18 Å². The van der Waals surface area contributed by atoms with E-state index in [1.54, 1.807) is 0 Å². The van der Waals surface area contributed by atoms with E-state index >= 15 is 0 Å². The molecule has 0 aliphatic rings. The fraction of sp³-hybridized carbons (Fsp3) is 0.375. The van der Waals surface area contributed by atoms with Gasteiger partial charge in [0.1, 0.15) is 0 Å². The molecule has 78 valence electrons. The van der Waals surface area contributed by atoms with Gasteiger partial charge in [-0.15, -0.1) is 0 Å². The molecule has 0 aromatic carbocycles. The van der Waals surface area contributed by atoms with Crippen LogP contribution in [0, 0.1) is 0 Å². The Hall–Kier alpha value is -0.970. The van der Waals surface area contributed by atoms with E-state index in [1.165, 1.54) is 6.07 Å². The van der Waals surface area contributed by atoms with Crippen LogP contribution in [-0.4, -0.2) is 12.0 Å². The van der Waals surface area contributed by atoms with Crippen molar-refractivity contribution in [3.63, 3.8) is 0 Å². The second kappa shape index (κ2) is 4.04. The number of furan rings is 1. The summed E-state index contributed by atoms with van der Waals surface area (Å²) in [7, 11) is 0. The van der Waals surface area contributed by atoms with Crippen molar-refractivity contribution in [2.24, 2.45) is 0 Å². The van der Waals surface area contributed by atoms with Gasteiger partial charge in [-0.05, 0) is 17.7 Å². The minimum atomic E-state index is -4.33. The average molecular weight is 227 g/mol. The molecule has 0 atom stereocenters. The Morgan fingerprint density at radius 2 is 2.14 bits per heavy atom. The predicted molar refractivity (Wildman–Crippen MR) is 43.3 cm³/mol. The van der Waals surface area contributed by atoms with Gasteiger partial charge in [-0.1, -0.05) is 0 Å². The Morgan fingerprint density at radius 1 is 1.50 bits per heavy atom. The number of halogens is 4. The zero-order valence-corrected chi connectivity index (χ0v) is 7.65. The monoisotopic (exact) mass is 226 g/mol. The van der Waals surface area contributed by atoms with E-state index in [2.05, 4.69) is 4.42 Å². The molecule has 0 unspecified atom stereocenters. The summed E-state index contributed by atoms with van der Waals surface area (Å²) < 4.78 is 39.8. The first-order valence-electron chi connectivity index (χ1n) is 3.73. The third kappa shape index (κ3) is 3.06. The molecule has 0 saturated carbocycles. The number of ketones is 1. The lowest BCUT2D eigenvalue weighted by atomic mass is 10.1. The summed E-state index contributed by atoms with van der Waals surface area (Å²) in [5.41, 5.74) is -0.00378. The van der Waals surface area contributed by atoms with E-state index in [0.29, 0.717) is 0 Å². The molecular weight excluding hydrogens is 221 g/mol. The first-order valence-corrected chi connectivity index (χ1v) is 4.11. The van der Waals surface area contributed by atoms with Crippen molar-refractivity contribution < 1.29 is 22.4 Å². The van der Waals surface area contributed by atoms with Crippen LogP contribution in [0.25, 0.3) is 0 Å². The molecule has 1 aromatic rings. The normalized spacial score (nSPS) is 11.7. The third-order valence-electron chi connectivity index (χ3n) is 1.55. The number of carbonyl (C=O) groups is 1. The molecule has 14 heavy (non-hydrogen) atoms. The Bertz CT molecular complexity index is 330. The van der Waals surface area contributed by atoms with Gasteiger partial charge in [0.25, 0.3) is 0 Å². The largest absolute Gasteiger partial charge is 0.452 e. The molecule has 1 aromatic heterocycles. The number of carbonyl (C=O) groups excluding carboxylic acids is 1. The van der Waals surface area contributed by atoms with E-state index in [9.17, 15) is 18.0 Å². The van der Waals surface area contributed by atoms with Gasteiger partial charge in [0.15, 0.2) is 5.78 Å². The number of rotatable bonds is 3. The van der Waals surface area contributed by atoms with Crippen LogP contribution in [-0.2, 0) is 0 Å². The van der Waals surface area contributed by atoms with Crippen molar-refractivity contribution in [3.05, 3.63) is 23.1 Å². The molecule has 0 bridgehead atoms. The zero-order chi connectivity index (χ0) is 10.8. The standard InChI is InChI=1S/C8H6ClF3O2/c9-7-5(2-4-14-7)6(13)1-3-8(10,11)12/h2,4H,1,3H2. The van der Waals surface area contributed by atoms with Crippen molar-refractivity contribution in [3.8, 4) is 0 Å². The van der Waals surface area contributed by atoms with E-state index in [4.69, 9.17) is 11.6 Å². The molecule has 1 heterocycles. The molecule has 0 spiro atoms. The third-order valence-corrected chi connectivity index (χ3v) is 1.85. The molecule has 0 amide bonds. The van der Waals surface area contributed by atoms with Gasteiger partial charge in [-0.2, -0.15) is 13.2 Å². The summed E-state index contributed by atoms with van der Waals surface area (Å²) in [6, 6.07) is 1.25. The Morgan fingerprint density at radius 3 is 2.57 bits per heavy atom. The smallest absolute Gasteiger partial charge is 0.389 e. The van der Waals surface area contributed by atoms with Gasteiger partial charge in [0.05, 0.1) is 18.2 Å². The van der Waals surface area contributed by atoms with E-state index in [0.717, 1.165) is 6.26 Å². The summed E-state index contributed by atoms with van der Waals surface area (Å²) >= 11 is 5.42. The summed E-state index contributed by atoms with van der Waals surface area (Å²) in [5.74, 6) is -0.666. The fourth-order valence-corrected chi connectivity index (χ4v) is 1.10. The zero-order valence-electron chi connectivity index (χ0n) is 6.90. The molecule has 0 fully saturated rings. The maximum atomic E-state index is 11.7. The van der Waals surface area contributed by atoms with Gasteiger partial charge in [-0.3, -0.25) is 4.79 Å². The van der Waals surface area contributed by atoms with Gasteiger partial charge in [0, 0.05) is 6.42 Å². The molecule has 6 heteroatoms. The van der Waals surface area contributed by atoms with Crippen LogP contribution in [0.15, 0.2) is 16.7 Å². The van der Waals surface area contributed by atoms with Crippen LogP contribution in [0.5, 0.6) is 0 Å². The highest BCUT2D eigenvalue weighted by atomic mass is 35.5. The highest BCUT2D eigenvalue weighted by Gasteiger charge is 2.28. The van der Waals surface area contributed by atoms with Gasteiger partial charge in [0.2, 0.25) is 5.22 Å². The lowest BCUT2D eigenvalue weighted by Gasteiger charge is -2.03. The topological polar surface area (TPSA) is 30.2 Å². The maximum Gasteiger partial charge on any atom is 0.389 e. The second-order valence-electron chi connectivity index (χ2n) is 2.65. The van der Waals surface area contributed by atoms with E-state index in [1.807, 2.05) is 0 Å². The van der Waals surface area contributed by atoms with Crippen molar-refractivity contribution in [2.75, 3.05) is 0 Å². The van der Waals surface area contributed by atoms with Crippen LogP contribution in [0.3, 0.4) is 0 Å². The highest BCUT2D eigenvalue weighted by Crippen LogP contribution is 2.24. The van der Waals surface area contributed by atoms with Gasteiger partial charge < -0.3 is 4.42 Å². The molecule has 0 N–H and O–H groups in total. The van der Waals surface area contributed by atoms with Crippen molar-refractivity contribution in [1.29, 1.82) is 0 Å². The van der Waals surface area contributed by atoms with Gasteiger partial charge in [-0.25, -0.2) is 0 Å². The molecular formula is C8H6ClF3O2. The molecule has 0 aliphatic carbocycles. The van der Waals surface area contributed by atoms with Crippen LogP contribution >= 0.6 is 11.6 Å². The Balaban J connectivity index is 2.56. The van der Waals surface area contributed by atoms with E-state index < -0.39 is 24.8 Å². The van der Waals surface area contributed by atoms with Crippen LogP contribution in [0.2, 0.25) is 5.22 Å². The minimum absolute atomic E-state index is 0.00378. The molecule has 2 nitrogen and oxygen atoms in total. The van der Waals surface area contributed by atoms with Crippen molar-refractivity contribution in [1.82, 2.24) is 0 Å². The van der Waals surface area contributed by atoms with Crippen LogP contribution in [0.4, 0.5) is 13.2 Å². The Labute approximate surface area is 82.6 Å². The fourth-order valence-electron chi connectivity index (χ4n) is 0.883. The van der Waals surface area contributed by atoms with Crippen molar-refractivity contribution >= 4 is 17.4 Å². The number of alkyl halides is 3. The number of hydrogen-bond donors (Lipinski definition) is 0. The Kier molecular flexibility index (Phi) is 3.21. The second-order valence-corrected chi connectivity index (χ2v) is 2.99. The maximum absolute atomic E-state index is 11.7. The quantitative estimate of drug-likeness (QED) is 0.739. The summed E-state index contributed by atoms with van der Waals surface area (Å²) in [6.07, 6.45) is -4.93. The molecule has 0 aliphatic heterocycles. The number of hydrogen-bond acceptors (Lipinski definition) is 2. The van der Waals surface area contributed by atoms with Crippen LogP contribution < -0.4 is 0 Å². The van der Waals surface area contributed by atoms with E-state index in [-0.39, 0.29) is 10.8 Å². The SMILES string of the molecule is O=C(CCC(F)(F)F)c1ccoc1Cl. The molecule has 1 rings (SSSR count). The summed E-state index contributed by atoms with van der Waals surface area (Å²) in [5, 5.41) is -0.169. The highest BCUT2D eigenvalue weighted by molar-refractivity contribution is 6.32. The summed E-state index contributed by atoms with van der Waals surface area (Å²) in [6.45, 7) is 0. The first-order chi connectivity index (χ1) is 6.40. The van der Waals surface area contributed by atoms with Crippen LogP contribution in [0.1, 0.15) is 23.2 Å². The summed E-state index contributed by atoms with van der Waals surface area (Å²) in [4.78, 5) is 11.1. The molecule has 0 radical (unpaired) electrons. The molecule has 0 saturated heterocycles. The predicted octanol–water partition coefficient (Wildman–Crippen LogP) is 3.46. The lowest BCUT2D eigenvalue weighted by molar-refractivity contribution is -0.133. The minimum Gasteiger partial charge on any atom is -0.452 e. The number of Topliss-reactive ketones (excluding diaryl/α,β-unsaturated/α-hetero) is 1. The van der Waals surface area contributed by atoms with Crippen molar-refractivity contribution in [2.45, 2.75) is 19.0 Å². The lowest BCUT2D eigenvalue weighted by Crippen LogP contribution is -2.10. The first kappa shape index (κ1) is 11.1. The average Bonchev–Trinajstić information content (AvgIpc) is 2.46.